The van der Waals surface area contributed by atoms with Gasteiger partial charge in [0.1, 0.15) is 5.75 Å². The highest BCUT2D eigenvalue weighted by Gasteiger charge is 2.28. The third kappa shape index (κ3) is 3.40. The number of rotatable bonds is 6. The zero-order valence-electron chi connectivity index (χ0n) is 11.7. The topological polar surface area (TPSA) is 116 Å². The maximum absolute atomic E-state index is 12.5. The van der Waals surface area contributed by atoms with E-state index in [4.69, 9.17) is 16.2 Å². The van der Waals surface area contributed by atoms with Gasteiger partial charge in [0.15, 0.2) is 0 Å². The molecule has 20 heavy (non-hydrogen) atoms. The van der Waals surface area contributed by atoms with E-state index < -0.39 is 22.0 Å². The van der Waals surface area contributed by atoms with E-state index in [1.54, 1.807) is 13.8 Å². The standard InChI is InChI=1S/C12H19N3O4S/c1-8(2)15(7-12(14)16)20(17,18)9-4-5-11(19-3)10(13)6-9/h4-6,8H,7,13H2,1-3H3,(H2,14,16). The number of nitrogens with zero attached hydrogens (tertiary/aromatic N) is 1. The molecular formula is C12H19N3O4S. The van der Waals surface area contributed by atoms with Crippen LogP contribution in [0.5, 0.6) is 5.75 Å². The van der Waals surface area contributed by atoms with Crippen molar-refractivity contribution in [3.63, 3.8) is 0 Å². The summed E-state index contributed by atoms with van der Waals surface area (Å²) >= 11 is 0. The lowest BCUT2D eigenvalue weighted by atomic mass is 10.3. The van der Waals surface area contributed by atoms with Crippen LogP contribution in [0.1, 0.15) is 13.8 Å². The molecule has 0 fully saturated rings. The van der Waals surface area contributed by atoms with Gasteiger partial charge in [-0.1, -0.05) is 0 Å². The summed E-state index contributed by atoms with van der Waals surface area (Å²) in [6.07, 6.45) is 0. The quantitative estimate of drug-likeness (QED) is 0.726. The Morgan fingerprint density at radius 3 is 2.40 bits per heavy atom. The summed E-state index contributed by atoms with van der Waals surface area (Å²) in [5.74, 6) is -0.335. The van der Waals surface area contributed by atoms with Crippen molar-refractivity contribution < 1.29 is 17.9 Å². The fraction of sp³-hybridized carbons (Fsp3) is 0.417. The van der Waals surface area contributed by atoms with Gasteiger partial charge in [-0.05, 0) is 32.0 Å². The smallest absolute Gasteiger partial charge is 0.243 e. The van der Waals surface area contributed by atoms with E-state index in [1.165, 1.54) is 25.3 Å². The second-order valence-electron chi connectivity index (χ2n) is 4.51. The molecular weight excluding hydrogens is 282 g/mol. The molecule has 0 bridgehead atoms. The molecule has 1 amide bonds. The van der Waals surface area contributed by atoms with E-state index in [1.807, 2.05) is 0 Å². The van der Waals surface area contributed by atoms with Crippen LogP contribution >= 0.6 is 0 Å². The molecule has 7 nitrogen and oxygen atoms in total. The Bertz CT molecular complexity index is 599. The molecule has 1 aromatic carbocycles. The molecule has 8 heteroatoms. The van der Waals surface area contributed by atoms with E-state index >= 15 is 0 Å². The van der Waals surface area contributed by atoms with E-state index in [0.29, 0.717) is 5.75 Å². The summed E-state index contributed by atoms with van der Waals surface area (Å²) < 4.78 is 31.0. The van der Waals surface area contributed by atoms with Crippen LogP contribution < -0.4 is 16.2 Å². The normalized spacial score (nSPS) is 11.8. The summed E-state index contributed by atoms with van der Waals surface area (Å²) in [5.41, 5.74) is 11.0. The fourth-order valence-electron chi connectivity index (χ4n) is 1.71. The minimum atomic E-state index is -3.85. The Kier molecular flexibility index (Phi) is 4.96. The molecule has 0 aliphatic heterocycles. The Hall–Kier alpha value is -1.80. The number of hydrogen-bond donors (Lipinski definition) is 2. The number of sulfonamides is 1. The van der Waals surface area contributed by atoms with Gasteiger partial charge in [-0.15, -0.1) is 0 Å². The summed E-state index contributed by atoms with van der Waals surface area (Å²) in [6.45, 7) is 2.94. The predicted molar refractivity (Wildman–Crippen MR) is 75.6 cm³/mol. The van der Waals surface area contributed by atoms with Gasteiger partial charge in [-0.25, -0.2) is 8.42 Å². The van der Waals surface area contributed by atoms with Crippen molar-refractivity contribution in [3.05, 3.63) is 18.2 Å². The Morgan fingerprint density at radius 2 is 2.00 bits per heavy atom. The molecule has 0 atom stereocenters. The number of carbonyl (C=O) groups is 1. The number of primary amides is 1. The average molecular weight is 301 g/mol. The SMILES string of the molecule is COc1ccc(S(=O)(=O)N(CC(N)=O)C(C)C)cc1N. The Balaban J connectivity index is 3.26. The van der Waals surface area contributed by atoms with Crippen molar-refractivity contribution in [2.45, 2.75) is 24.8 Å². The maximum atomic E-state index is 12.5. The number of nitrogens with two attached hydrogens (primary N) is 2. The molecule has 0 aromatic heterocycles. The zero-order valence-corrected chi connectivity index (χ0v) is 12.5. The number of amides is 1. The first-order valence-corrected chi connectivity index (χ1v) is 7.37. The van der Waals surface area contributed by atoms with Crippen molar-refractivity contribution in [1.82, 2.24) is 4.31 Å². The number of benzene rings is 1. The first-order chi connectivity index (χ1) is 9.20. The van der Waals surface area contributed by atoms with Crippen LogP contribution in [-0.2, 0) is 14.8 Å². The second kappa shape index (κ2) is 6.10. The van der Waals surface area contributed by atoms with Crippen LogP contribution in [0, 0.1) is 0 Å². The summed E-state index contributed by atoms with van der Waals surface area (Å²) in [6, 6.07) is 3.73. The molecule has 4 N–H and O–H groups in total. The molecule has 0 aliphatic carbocycles. The number of methoxy groups -OCH3 is 1. The van der Waals surface area contributed by atoms with Crippen molar-refractivity contribution in [3.8, 4) is 5.75 Å². The van der Waals surface area contributed by atoms with Crippen LogP contribution in [0.25, 0.3) is 0 Å². The summed E-state index contributed by atoms with van der Waals surface area (Å²) in [7, 11) is -2.41. The lowest BCUT2D eigenvalue weighted by Crippen LogP contribution is -2.42. The van der Waals surface area contributed by atoms with Gasteiger partial charge in [0.2, 0.25) is 15.9 Å². The molecule has 0 spiro atoms. The third-order valence-corrected chi connectivity index (χ3v) is 4.71. The van der Waals surface area contributed by atoms with Crippen LogP contribution in [0.4, 0.5) is 5.69 Å². The van der Waals surface area contributed by atoms with Gasteiger partial charge in [0.05, 0.1) is 24.2 Å². The van der Waals surface area contributed by atoms with Crippen LogP contribution in [0.15, 0.2) is 23.1 Å². The second-order valence-corrected chi connectivity index (χ2v) is 6.40. The largest absolute Gasteiger partial charge is 0.495 e. The highest BCUT2D eigenvalue weighted by atomic mass is 32.2. The summed E-state index contributed by atoms with van der Waals surface area (Å²) in [4.78, 5) is 11.0. The zero-order chi connectivity index (χ0) is 15.5. The Morgan fingerprint density at radius 1 is 1.40 bits per heavy atom. The van der Waals surface area contributed by atoms with E-state index in [-0.39, 0.29) is 17.1 Å². The number of nitrogen functional groups attached to an aromatic ring is 1. The number of ether oxygens (including phenoxy) is 1. The minimum absolute atomic E-state index is 0.00856. The van der Waals surface area contributed by atoms with Crippen molar-refractivity contribution in [1.29, 1.82) is 0 Å². The molecule has 0 saturated carbocycles. The van der Waals surface area contributed by atoms with Crippen LogP contribution in [0.3, 0.4) is 0 Å². The monoisotopic (exact) mass is 301 g/mol. The van der Waals surface area contributed by atoms with Gasteiger partial charge in [-0.3, -0.25) is 4.79 Å². The van der Waals surface area contributed by atoms with Gasteiger partial charge in [0, 0.05) is 6.04 Å². The van der Waals surface area contributed by atoms with Gasteiger partial charge >= 0.3 is 0 Å². The van der Waals surface area contributed by atoms with E-state index in [0.717, 1.165) is 4.31 Å². The molecule has 1 rings (SSSR count). The average Bonchev–Trinajstić information content (AvgIpc) is 2.35. The van der Waals surface area contributed by atoms with E-state index in [9.17, 15) is 13.2 Å². The number of hydrogen-bond acceptors (Lipinski definition) is 5. The minimum Gasteiger partial charge on any atom is -0.495 e. The molecule has 0 unspecified atom stereocenters. The highest BCUT2D eigenvalue weighted by Crippen LogP contribution is 2.26. The molecule has 1 aromatic rings. The fourth-order valence-corrected chi connectivity index (χ4v) is 3.35. The predicted octanol–water partition coefficient (Wildman–Crippen LogP) is 0.162. The van der Waals surface area contributed by atoms with E-state index in [2.05, 4.69) is 0 Å². The van der Waals surface area contributed by atoms with Crippen molar-refractivity contribution in [2.24, 2.45) is 5.73 Å². The van der Waals surface area contributed by atoms with Crippen LogP contribution in [-0.4, -0.2) is 38.3 Å². The molecule has 0 aliphatic rings. The molecule has 112 valence electrons. The van der Waals surface area contributed by atoms with Gasteiger partial charge < -0.3 is 16.2 Å². The van der Waals surface area contributed by atoms with Gasteiger partial charge in [-0.2, -0.15) is 4.31 Å². The molecule has 0 radical (unpaired) electrons. The molecule has 0 heterocycles. The van der Waals surface area contributed by atoms with Gasteiger partial charge in [0.25, 0.3) is 0 Å². The van der Waals surface area contributed by atoms with Crippen molar-refractivity contribution in [2.75, 3.05) is 19.4 Å². The lowest BCUT2D eigenvalue weighted by molar-refractivity contribution is -0.118. The first-order valence-electron chi connectivity index (χ1n) is 5.93. The lowest BCUT2D eigenvalue weighted by Gasteiger charge is -2.24. The molecule has 0 saturated heterocycles. The first kappa shape index (κ1) is 16.3. The van der Waals surface area contributed by atoms with Crippen LogP contribution in [0.2, 0.25) is 0 Å². The third-order valence-electron chi connectivity index (χ3n) is 2.70. The maximum Gasteiger partial charge on any atom is 0.243 e. The van der Waals surface area contributed by atoms with Crippen molar-refractivity contribution >= 4 is 21.6 Å². The number of carbonyl (C=O) groups excluding carboxylic acids is 1. The highest BCUT2D eigenvalue weighted by molar-refractivity contribution is 7.89. The summed E-state index contributed by atoms with van der Waals surface area (Å²) in [5, 5.41) is 0. The Labute approximate surface area is 118 Å². The number of anilines is 1.